The second kappa shape index (κ2) is 11.9. The molecular weight excluding hydrogens is 368 g/mol. The van der Waals surface area contributed by atoms with E-state index in [1.54, 1.807) is 20.3 Å². The fraction of sp³-hybridized carbons (Fsp3) is 0.650. The standard InChI is InChI=1S/C20H32N2O4.ClH/c1-24-16-11-17(25-2)13-18(12-16)26-10-6-9-22-19(23)14-20(15-21)7-4-3-5-8-20;/h11-13H,3-10,14-15,21H2,1-2H3,(H,22,23);1H. The molecule has 0 heterocycles. The zero-order valence-corrected chi connectivity index (χ0v) is 17.2. The molecule has 1 aliphatic carbocycles. The molecule has 27 heavy (non-hydrogen) atoms. The number of carbonyl (C=O) groups is 1. The Hall–Kier alpha value is -1.66. The normalized spacial score (nSPS) is 15.4. The van der Waals surface area contributed by atoms with Crippen LogP contribution in [0.2, 0.25) is 0 Å². The maximum Gasteiger partial charge on any atom is 0.220 e. The van der Waals surface area contributed by atoms with Crippen LogP contribution in [0.5, 0.6) is 17.2 Å². The molecule has 6 nitrogen and oxygen atoms in total. The Morgan fingerprint density at radius 1 is 1.07 bits per heavy atom. The van der Waals surface area contributed by atoms with Gasteiger partial charge in [0, 0.05) is 31.2 Å². The molecule has 0 bridgehead atoms. The summed E-state index contributed by atoms with van der Waals surface area (Å²) in [6.45, 7) is 1.71. The van der Waals surface area contributed by atoms with Gasteiger partial charge in [-0.25, -0.2) is 0 Å². The monoisotopic (exact) mass is 400 g/mol. The van der Waals surface area contributed by atoms with E-state index in [2.05, 4.69) is 5.32 Å². The number of hydrogen-bond acceptors (Lipinski definition) is 5. The third-order valence-corrected chi connectivity index (χ3v) is 5.12. The highest BCUT2D eigenvalue weighted by Gasteiger charge is 2.32. The third-order valence-electron chi connectivity index (χ3n) is 5.12. The summed E-state index contributed by atoms with van der Waals surface area (Å²) in [4.78, 5) is 12.2. The highest BCUT2D eigenvalue weighted by molar-refractivity contribution is 5.85. The van der Waals surface area contributed by atoms with Crippen LogP contribution in [0.1, 0.15) is 44.9 Å². The van der Waals surface area contributed by atoms with Gasteiger partial charge in [-0.05, 0) is 31.2 Å². The first kappa shape index (κ1) is 23.4. The maximum absolute atomic E-state index is 12.2. The first-order chi connectivity index (χ1) is 12.6. The molecule has 1 saturated carbocycles. The number of benzene rings is 1. The van der Waals surface area contributed by atoms with Crippen molar-refractivity contribution in [1.29, 1.82) is 0 Å². The van der Waals surface area contributed by atoms with Crippen LogP contribution in [0.3, 0.4) is 0 Å². The summed E-state index contributed by atoms with van der Waals surface area (Å²) in [5.74, 6) is 2.16. The third kappa shape index (κ3) is 7.46. The SMILES string of the molecule is COc1cc(OC)cc(OCCCNC(=O)CC2(CN)CCCCC2)c1.Cl. The van der Waals surface area contributed by atoms with E-state index in [9.17, 15) is 4.79 Å². The number of hydrogen-bond donors (Lipinski definition) is 2. The van der Waals surface area contributed by atoms with E-state index in [0.29, 0.717) is 43.4 Å². The fourth-order valence-electron chi connectivity index (χ4n) is 3.51. The van der Waals surface area contributed by atoms with Gasteiger partial charge in [0.2, 0.25) is 5.91 Å². The molecule has 1 aromatic carbocycles. The van der Waals surface area contributed by atoms with E-state index in [1.165, 1.54) is 19.3 Å². The Kier molecular flexibility index (Phi) is 10.3. The molecule has 154 valence electrons. The minimum absolute atomic E-state index is 0. The van der Waals surface area contributed by atoms with E-state index in [1.807, 2.05) is 12.1 Å². The molecule has 0 unspecified atom stereocenters. The van der Waals surface area contributed by atoms with Crippen LogP contribution in [-0.2, 0) is 4.79 Å². The summed E-state index contributed by atoms with van der Waals surface area (Å²) in [6.07, 6.45) is 7.04. The van der Waals surface area contributed by atoms with Crippen molar-refractivity contribution in [3.05, 3.63) is 18.2 Å². The zero-order chi connectivity index (χ0) is 18.8. The maximum atomic E-state index is 12.2. The molecular formula is C20H33ClN2O4. The number of methoxy groups -OCH3 is 2. The van der Waals surface area contributed by atoms with Gasteiger partial charge >= 0.3 is 0 Å². The molecule has 2 rings (SSSR count). The molecule has 0 aliphatic heterocycles. The summed E-state index contributed by atoms with van der Waals surface area (Å²) in [6, 6.07) is 5.43. The van der Waals surface area contributed by atoms with E-state index in [-0.39, 0.29) is 23.7 Å². The van der Waals surface area contributed by atoms with Crippen LogP contribution in [0.15, 0.2) is 18.2 Å². The van der Waals surface area contributed by atoms with Gasteiger partial charge in [0.15, 0.2) is 0 Å². The number of carbonyl (C=O) groups excluding carboxylic acids is 1. The Bertz CT molecular complexity index is 555. The van der Waals surface area contributed by atoms with Gasteiger partial charge in [-0.2, -0.15) is 0 Å². The Morgan fingerprint density at radius 3 is 2.22 bits per heavy atom. The number of rotatable bonds is 10. The van der Waals surface area contributed by atoms with Crippen LogP contribution in [-0.4, -0.2) is 39.8 Å². The lowest BCUT2D eigenvalue weighted by Crippen LogP contribution is -2.39. The first-order valence-corrected chi connectivity index (χ1v) is 9.43. The lowest BCUT2D eigenvalue weighted by Gasteiger charge is -2.35. The molecule has 0 saturated heterocycles. The molecule has 0 spiro atoms. The average molecular weight is 401 g/mol. The molecule has 0 aromatic heterocycles. The van der Waals surface area contributed by atoms with Crippen molar-refractivity contribution in [3.8, 4) is 17.2 Å². The van der Waals surface area contributed by atoms with Crippen LogP contribution in [0.4, 0.5) is 0 Å². The quantitative estimate of drug-likeness (QED) is 0.589. The molecule has 1 aromatic rings. The lowest BCUT2D eigenvalue weighted by atomic mass is 9.71. The first-order valence-electron chi connectivity index (χ1n) is 9.43. The second-order valence-corrected chi connectivity index (χ2v) is 7.04. The van der Waals surface area contributed by atoms with E-state index in [0.717, 1.165) is 19.3 Å². The van der Waals surface area contributed by atoms with Crippen molar-refractivity contribution >= 4 is 18.3 Å². The van der Waals surface area contributed by atoms with Crippen LogP contribution in [0.25, 0.3) is 0 Å². The van der Waals surface area contributed by atoms with Gasteiger partial charge in [0.05, 0.1) is 20.8 Å². The Labute approximate surface area is 168 Å². The van der Waals surface area contributed by atoms with Crippen molar-refractivity contribution in [2.24, 2.45) is 11.1 Å². The van der Waals surface area contributed by atoms with Gasteiger partial charge < -0.3 is 25.3 Å². The molecule has 3 N–H and O–H groups in total. The van der Waals surface area contributed by atoms with Crippen molar-refractivity contribution in [2.45, 2.75) is 44.9 Å². The van der Waals surface area contributed by atoms with Crippen molar-refractivity contribution in [1.82, 2.24) is 5.32 Å². The van der Waals surface area contributed by atoms with E-state index >= 15 is 0 Å². The number of nitrogens with two attached hydrogens (primary N) is 1. The number of nitrogens with one attached hydrogen (secondary N) is 1. The predicted molar refractivity (Wildman–Crippen MR) is 109 cm³/mol. The molecule has 0 radical (unpaired) electrons. The largest absolute Gasteiger partial charge is 0.496 e. The number of ether oxygens (including phenoxy) is 3. The van der Waals surface area contributed by atoms with E-state index < -0.39 is 0 Å². The van der Waals surface area contributed by atoms with Crippen molar-refractivity contribution in [3.63, 3.8) is 0 Å². The topological polar surface area (TPSA) is 82.8 Å². The fourth-order valence-corrected chi connectivity index (χ4v) is 3.51. The van der Waals surface area contributed by atoms with Gasteiger partial charge in [-0.3, -0.25) is 4.79 Å². The van der Waals surface area contributed by atoms with Crippen molar-refractivity contribution in [2.75, 3.05) is 33.9 Å². The van der Waals surface area contributed by atoms with Crippen molar-refractivity contribution < 1.29 is 19.0 Å². The lowest BCUT2D eigenvalue weighted by molar-refractivity contribution is -0.123. The van der Waals surface area contributed by atoms with E-state index in [4.69, 9.17) is 19.9 Å². The number of halogens is 1. The minimum Gasteiger partial charge on any atom is -0.496 e. The molecule has 1 amide bonds. The Morgan fingerprint density at radius 2 is 1.67 bits per heavy atom. The predicted octanol–water partition coefficient (Wildman–Crippen LogP) is 3.31. The van der Waals surface area contributed by atoms with Crippen LogP contribution in [0, 0.1) is 5.41 Å². The van der Waals surface area contributed by atoms with Crippen LogP contribution < -0.4 is 25.3 Å². The van der Waals surface area contributed by atoms with Crippen LogP contribution >= 0.6 is 12.4 Å². The molecule has 7 heteroatoms. The summed E-state index contributed by atoms with van der Waals surface area (Å²) < 4.78 is 16.2. The summed E-state index contributed by atoms with van der Waals surface area (Å²) in [7, 11) is 3.21. The summed E-state index contributed by atoms with van der Waals surface area (Å²) >= 11 is 0. The molecule has 1 aliphatic rings. The highest BCUT2D eigenvalue weighted by atomic mass is 35.5. The summed E-state index contributed by atoms with van der Waals surface area (Å²) in [5, 5.41) is 3.00. The molecule has 0 atom stereocenters. The summed E-state index contributed by atoms with van der Waals surface area (Å²) in [5.41, 5.74) is 5.96. The molecule has 1 fully saturated rings. The zero-order valence-electron chi connectivity index (χ0n) is 16.4. The van der Waals surface area contributed by atoms with Gasteiger partial charge in [0.1, 0.15) is 17.2 Å². The minimum atomic E-state index is 0. The highest BCUT2D eigenvalue weighted by Crippen LogP contribution is 2.38. The Balaban J connectivity index is 0.00000364. The van der Waals surface area contributed by atoms with Gasteiger partial charge in [0.25, 0.3) is 0 Å². The average Bonchev–Trinajstić information content (AvgIpc) is 2.68. The second-order valence-electron chi connectivity index (χ2n) is 7.04. The van der Waals surface area contributed by atoms with Gasteiger partial charge in [-0.15, -0.1) is 12.4 Å². The number of amides is 1. The smallest absolute Gasteiger partial charge is 0.220 e. The van der Waals surface area contributed by atoms with Gasteiger partial charge in [-0.1, -0.05) is 19.3 Å².